The van der Waals surface area contributed by atoms with Gasteiger partial charge in [0.1, 0.15) is 5.82 Å². The third-order valence-electron chi connectivity index (χ3n) is 2.41. The van der Waals surface area contributed by atoms with E-state index in [1.54, 1.807) is 18.6 Å². The maximum Gasteiger partial charge on any atom is 0.224 e. The molecule has 0 aliphatic carbocycles. The molecule has 5 nitrogen and oxygen atoms in total. The molecule has 0 aromatic carbocycles. The Labute approximate surface area is 107 Å². The number of hydrogen-bond acceptors (Lipinski definition) is 5. The lowest BCUT2D eigenvalue weighted by Gasteiger charge is -2.07. The minimum absolute atomic E-state index is 0.632. The van der Waals surface area contributed by atoms with Gasteiger partial charge >= 0.3 is 0 Å². The fourth-order valence-electron chi connectivity index (χ4n) is 1.48. The normalized spacial score (nSPS) is 10.1. The van der Waals surface area contributed by atoms with E-state index in [1.807, 2.05) is 18.2 Å². The van der Waals surface area contributed by atoms with Crippen LogP contribution in [0, 0.1) is 0 Å². The Morgan fingerprint density at radius 1 is 1.06 bits per heavy atom. The van der Waals surface area contributed by atoms with Crippen LogP contribution in [0.4, 0.5) is 11.8 Å². The Balaban J connectivity index is 1.93. The lowest BCUT2D eigenvalue weighted by Crippen LogP contribution is -2.07. The second-order valence-corrected chi connectivity index (χ2v) is 3.90. The molecule has 0 fully saturated rings. The first-order chi connectivity index (χ1) is 8.88. The molecule has 5 heteroatoms. The summed E-state index contributed by atoms with van der Waals surface area (Å²) in [5.74, 6) is 1.48. The number of aromatic nitrogens is 3. The smallest absolute Gasteiger partial charge is 0.224 e. The molecule has 0 unspecified atom stereocenters. The Morgan fingerprint density at radius 2 is 1.89 bits per heavy atom. The summed E-state index contributed by atoms with van der Waals surface area (Å²) in [5, 5.41) is 6.42. The average molecular weight is 243 g/mol. The highest BCUT2D eigenvalue weighted by Gasteiger charge is 1.98. The molecule has 0 atom stereocenters. The van der Waals surface area contributed by atoms with Crippen molar-refractivity contribution in [2.45, 2.75) is 19.9 Å². The molecule has 0 bridgehead atoms. The van der Waals surface area contributed by atoms with Gasteiger partial charge in [0.25, 0.3) is 0 Å². The predicted molar refractivity (Wildman–Crippen MR) is 72.4 cm³/mol. The summed E-state index contributed by atoms with van der Waals surface area (Å²) in [5.41, 5.74) is 1.15. The van der Waals surface area contributed by atoms with E-state index in [4.69, 9.17) is 0 Å². The highest BCUT2D eigenvalue weighted by Crippen LogP contribution is 2.07. The number of rotatable bonds is 6. The number of anilines is 2. The maximum atomic E-state index is 4.38. The highest BCUT2D eigenvalue weighted by atomic mass is 15.1. The molecule has 0 saturated carbocycles. The third kappa shape index (κ3) is 3.69. The summed E-state index contributed by atoms with van der Waals surface area (Å²) in [7, 11) is 0. The number of hydrogen-bond donors (Lipinski definition) is 2. The molecule has 0 spiro atoms. The minimum Gasteiger partial charge on any atom is -0.370 e. The summed E-state index contributed by atoms with van der Waals surface area (Å²) in [6.07, 6.45) is 6.37. The van der Waals surface area contributed by atoms with Crippen molar-refractivity contribution >= 4 is 11.8 Å². The fraction of sp³-hybridized carbons (Fsp3) is 0.308. The summed E-state index contributed by atoms with van der Waals surface area (Å²) < 4.78 is 0. The quantitative estimate of drug-likeness (QED) is 0.815. The molecule has 94 valence electrons. The Hall–Kier alpha value is -2.17. The van der Waals surface area contributed by atoms with E-state index in [1.165, 1.54) is 0 Å². The van der Waals surface area contributed by atoms with Gasteiger partial charge in [-0.05, 0) is 30.2 Å². The van der Waals surface area contributed by atoms with Crippen molar-refractivity contribution in [2.75, 3.05) is 17.2 Å². The molecule has 2 aromatic rings. The average Bonchev–Trinajstić information content (AvgIpc) is 2.44. The van der Waals surface area contributed by atoms with Crippen molar-refractivity contribution in [3.05, 3.63) is 42.4 Å². The molecule has 2 N–H and O–H groups in total. The summed E-state index contributed by atoms with van der Waals surface area (Å²) >= 11 is 0. The molecule has 0 aliphatic rings. The van der Waals surface area contributed by atoms with Crippen LogP contribution in [0.2, 0.25) is 0 Å². The largest absolute Gasteiger partial charge is 0.370 e. The van der Waals surface area contributed by atoms with Crippen molar-refractivity contribution in [2.24, 2.45) is 0 Å². The van der Waals surface area contributed by atoms with E-state index in [9.17, 15) is 0 Å². The van der Waals surface area contributed by atoms with Crippen molar-refractivity contribution < 1.29 is 0 Å². The van der Waals surface area contributed by atoms with Crippen LogP contribution in [0.3, 0.4) is 0 Å². The Kier molecular flexibility index (Phi) is 4.46. The zero-order chi connectivity index (χ0) is 12.6. The van der Waals surface area contributed by atoms with Gasteiger partial charge in [-0.3, -0.25) is 4.98 Å². The van der Waals surface area contributed by atoms with Crippen LogP contribution >= 0.6 is 0 Å². The molecule has 0 saturated heterocycles. The van der Waals surface area contributed by atoms with Crippen LogP contribution in [-0.4, -0.2) is 21.5 Å². The molecule has 0 aliphatic heterocycles. The van der Waals surface area contributed by atoms with E-state index >= 15 is 0 Å². The number of pyridine rings is 1. The van der Waals surface area contributed by atoms with Crippen molar-refractivity contribution in [3.63, 3.8) is 0 Å². The predicted octanol–water partition coefficient (Wildman–Crippen LogP) is 2.31. The van der Waals surface area contributed by atoms with Gasteiger partial charge in [-0.1, -0.05) is 6.92 Å². The molecule has 0 radical (unpaired) electrons. The van der Waals surface area contributed by atoms with Crippen LogP contribution in [0.15, 0.2) is 36.8 Å². The lowest BCUT2D eigenvalue weighted by atomic mass is 10.3. The van der Waals surface area contributed by atoms with Gasteiger partial charge < -0.3 is 10.6 Å². The first-order valence-electron chi connectivity index (χ1n) is 6.08. The molecule has 0 amide bonds. The van der Waals surface area contributed by atoms with Gasteiger partial charge in [-0.15, -0.1) is 0 Å². The van der Waals surface area contributed by atoms with Gasteiger partial charge in [0.2, 0.25) is 5.95 Å². The highest BCUT2D eigenvalue weighted by molar-refractivity contribution is 5.39. The zero-order valence-corrected chi connectivity index (χ0v) is 10.4. The SMILES string of the molecule is CCCNc1ccnc(NCc2ccncc2)n1. The van der Waals surface area contributed by atoms with E-state index in [0.717, 1.165) is 24.3 Å². The van der Waals surface area contributed by atoms with Crippen LogP contribution in [-0.2, 0) is 6.54 Å². The van der Waals surface area contributed by atoms with Gasteiger partial charge in [0.15, 0.2) is 0 Å². The second-order valence-electron chi connectivity index (χ2n) is 3.90. The van der Waals surface area contributed by atoms with Gasteiger partial charge in [0.05, 0.1) is 0 Å². The van der Waals surface area contributed by atoms with Crippen LogP contribution in [0.5, 0.6) is 0 Å². The number of nitrogens with one attached hydrogen (secondary N) is 2. The standard InChI is InChI=1S/C13H17N5/c1-2-6-15-12-5-9-16-13(18-12)17-10-11-3-7-14-8-4-11/h3-5,7-9H,2,6,10H2,1H3,(H2,15,16,17,18). The van der Waals surface area contributed by atoms with Crippen LogP contribution in [0.25, 0.3) is 0 Å². The monoisotopic (exact) mass is 243 g/mol. The molecule has 18 heavy (non-hydrogen) atoms. The maximum absolute atomic E-state index is 4.38. The van der Waals surface area contributed by atoms with Crippen molar-refractivity contribution in [3.8, 4) is 0 Å². The second kappa shape index (κ2) is 6.54. The van der Waals surface area contributed by atoms with Crippen LogP contribution < -0.4 is 10.6 Å². The Morgan fingerprint density at radius 3 is 2.67 bits per heavy atom. The van der Waals surface area contributed by atoms with E-state index in [0.29, 0.717) is 12.5 Å². The van der Waals surface area contributed by atoms with Crippen molar-refractivity contribution in [1.29, 1.82) is 0 Å². The van der Waals surface area contributed by atoms with E-state index < -0.39 is 0 Å². The van der Waals surface area contributed by atoms with E-state index in [-0.39, 0.29) is 0 Å². The minimum atomic E-state index is 0.632. The van der Waals surface area contributed by atoms with Gasteiger partial charge in [-0.25, -0.2) is 4.98 Å². The van der Waals surface area contributed by atoms with Crippen molar-refractivity contribution in [1.82, 2.24) is 15.0 Å². The van der Waals surface area contributed by atoms with Gasteiger partial charge in [-0.2, -0.15) is 4.98 Å². The first kappa shape index (κ1) is 12.3. The summed E-state index contributed by atoms with van der Waals surface area (Å²) in [6.45, 7) is 3.73. The van der Waals surface area contributed by atoms with Crippen LogP contribution in [0.1, 0.15) is 18.9 Å². The molecule has 2 rings (SSSR count). The molecular weight excluding hydrogens is 226 g/mol. The number of nitrogens with zero attached hydrogens (tertiary/aromatic N) is 3. The topological polar surface area (TPSA) is 62.7 Å². The molecule has 2 aromatic heterocycles. The summed E-state index contributed by atoms with van der Waals surface area (Å²) in [6, 6.07) is 5.80. The third-order valence-corrected chi connectivity index (χ3v) is 2.41. The lowest BCUT2D eigenvalue weighted by molar-refractivity contribution is 0.961. The fourth-order valence-corrected chi connectivity index (χ4v) is 1.48. The molecular formula is C13H17N5. The first-order valence-corrected chi connectivity index (χ1v) is 6.08. The zero-order valence-electron chi connectivity index (χ0n) is 10.4. The Bertz CT molecular complexity index is 472. The molecule has 2 heterocycles. The van der Waals surface area contributed by atoms with Gasteiger partial charge in [0, 0.05) is 31.7 Å². The summed E-state index contributed by atoms with van der Waals surface area (Å²) in [4.78, 5) is 12.5. The van der Waals surface area contributed by atoms with E-state index in [2.05, 4.69) is 32.5 Å².